The fourth-order valence-corrected chi connectivity index (χ4v) is 6.20. The summed E-state index contributed by atoms with van der Waals surface area (Å²) in [5, 5.41) is 47.1. The second-order valence-corrected chi connectivity index (χ2v) is 12.4. The molecule has 0 aliphatic carbocycles. The number of carboxylic acid groups (broad SMARTS) is 2. The van der Waals surface area contributed by atoms with E-state index in [0.717, 1.165) is 34.1 Å². The first-order chi connectivity index (χ1) is 20.5. The quantitative estimate of drug-likeness (QED) is 0.0802. The summed E-state index contributed by atoms with van der Waals surface area (Å²) in [5.41, 5.74) is 2.79. The number of carboxylic acids is 2. The van der Waals surface area contributed by atoms with Crippen molar-refractivity contribution in [1.29, 1.82) is 0 Å². The zero-order chi connectivity index (χ0) is 32.7. The summed E-state index contributed by atoms with van der Waals surface area (Å²) in [5.74, 6) is -6.92. The highest BCUT2D eigenvalue weighted by Gasteiger charge is 2.54. The Morgan fingerprint density at radius 3 is 2.50 bits per heavy atom. The van der Waals surface area contributed by atoms with Gasteiger partial charge in [0.05, 0.1) is 15.6 Å². The summed E-state index contributed by atoms with van der Waals surface area (Å²) in [6.45, 7) is 2.07. The van der Waals surface area contributed by atoms with Gasteiger partial charge in [-0.1, -0.05) is 28.4 Å². The molecule has 0 radical (unpaired) electrons. The third-order valence-electron chi connectivity index (χ3n) is 6.27. The van der Waals surface area contributed by atoms with Crippen LogP contribution in [-0.4, -0.2) is 95.0 Å². The largest absolute Gasteiger partial charge is 0.503 e. The van der Waals surface area contributed by atoms with E-state index in [-0.39, 0.29) is 39.3 Å². The van der Waals surface area contributed by atoms with E-state index < -0.39 is 74.6 Å². The Labute approximate surface area is 265 Å². The number of nitrogens with two attached hydrogens (primary N) is 1. The number of nitrogens with zero attached hydrogens (tertiary/aromatic N) is 3. The van der Waals surface area contributed by atoms with Crippen LogP contribution >= 0.6 is 46.3 Å². The van der Waals surface area contributed by atoms with Crippen LogP contribution in [0.5, 0.6) is 11.5 Å². The predicted molar refractivity (Wildman–Crippen MR) is 158 cm³/mol. The predicted octanol–water partition coefficient (Wildman–Crippen LogP) is 1.20. The number of aromatic nitrogens is 1. The first kappa shape index (κ1) is 32.6. The lowest BCUT2D eigenvalue weighted by atomic mass is 10.0. The Balaban J connectivity index is 1.52. The molecule has 234 valence electrons. The molecule has 20 heteroatoms. The molecular formula is C24H22Cl2N6O10S2. The van der Waals surface area contributed by atoms with Gasteiger partial charge in [0.15, 0.2) is 22.3 Å². The molecule has 2 atom stereocenters. The zero-order valence-electron chi connectivity index (χ0n) is 22.5. The molecule has 4 rings (SSSR count). The smallest absolute Gasteiger partial charge is 0.352 e. The van der Waals surface area contributed by atoms with Crippen LogP contribution in [0.15, 0.2) is 27.9 Å². The number of hydrogen-bond donors (Lipinski definition) is 7. The van der Waals surface area contributed by atoms with Gasteiger partial charge in [0, 0.05) is 17.7 Å². The SMILES string of the molecule is CC(C)(O/N=C(\C(=O)N[C@@H]1C(=O)N2C(C(=O)O)=C(CNC(=O)c3cc(Cl)c(O)c(O)c3Cl)CSC12)c1csc(N)n1)C(=O)O. The van der Waals surface area contributed by atoms with E-state index >= 15 is 0 Å². The minimum absolute atomic E-state index is 0.0253. The molecule has 1 saturated heterocycles. The average Bonchev–Trinajstić information content (AvgIpc) is 3.40. The number of halogens is 2. The molecule has 16 nitrogen and oxygen atoms in total. The number of carbonyl (C=O) groups is 5. The minimum atomic E-state index is -1.82. The van der Waals surface area contributed by atoms with E-state index in [9.17, 15) is 44.4 Å². The number of phenols is 2. The second-order valence-electron chi connectivity index (χ2n) is 9.64. The van der Waals surface area contributed by atoms with Crippen LogP contribution in [0.25, 0.3) is 0 Å². The van der Waals surface area contributed by atoms with E-state index in [2.05, 4.69) is 20.8 Å². The number of nitrogen functional groups attached to an aromatic ring is 1. The molecule has 1 fully saturated rings. The Kier molecular flexibility index (Phi) is 9.19. The van der Waals surface area contributed by atoms with Gasteiger partial charge in [-0.05, 0) is 25.5 Å². The van der Waals surface area contributed by atoms with E-state index in [4.69, 9.17) is 33.8 Å². The van der Waals surface area contributed by atoms with Crippen molar-refractivity contribution in [3.63, 3.8) is 0 Å². The number of fused-ring (bicyclic) bond motifs is 1. The number of thioether (sulfide) groups is 1. The van der Waals surface area contributed by atoms with Crippen molar-refractivity contribution in [2.75, 3.05) is 18.0 Å². The maximum atomic E-state index is 13.2. The van der Waals surface area contributed by atoms with Crippen molar-refractivity contribution in [3.8, 4) is 11.5 Å². The normalized spacial score (nSPS) is 18.3. The number of anilines is 1. The third-order valence-corrected chi connectivity index (χ3v) is 8.95. The van der Waals surface area contributed by atoms with Gasteiger partial charge in [-0.15, -0.1) is 23.1 Å². The van der Waals surface area contributed by atoms with Crippen molar-refractivity contribution in [2.45, 2.75) is 30.9 Å². The number of β-lactam (4-membered cyclic amide) rings is 1. The molecule has 3 amide bonds. The van der Waals surface area contributed by atoms with E-state index in [0.29, 0.717) is 0 Å². The molecule has 3 heterocycles. The molecule has 2 aromatic rings. The topological polar surface area (TPSA) is 254 Å². The summed E-state index contributed by atoms with van der Waals surface area (Å²) in [7, 11) is 0. The Morgan fingerprint density at radius 2 is 1.91 bits per heavy atom. The van der Waals surface area contributed by atoms with Gasteiger partial charge in [-0.2, -0.15) is 0 Å². The molecule has 8 N–H and O–H groups in total. The van der Waals surface area contributed by atoms with Crippen LogP contribution in [0.2, 0.25) is 10.0 Å². The Morgan fingerprint density at radius 1 is 1.23 bits per heavy atom. The fourth-order valence-electron chi connectivity index (χ4n) is 3.88. The van der Waals surface area contributed by atoms with Gasteiger partial charge in [0.1, 0.15) is 22.8 Å². The van der Waals surface area contributed by atoms with Gasteiger partial charge >= 0.3 is 11.9 Å². The number of nitrogens with one attached hydrogen (secondary N) is 2. The molecular weight excluding hydrogens is 667 g/mol. The number of hydrogen-bond acceptors (Lipinski definition) is 13. The highest BCUT2D eigenvalue weighted by molar-refractivity contribution is 8.00. The maximum absolute atomic E-state index is 13.2. The number of carbonyl (C=O) groups excluding carboxylic acids is 3. The molecule has 0 saturated carbocycles. The summed E-state index contributed by atoms with van der Waals surface area (Å²) >= 11 is 13.8. The van der Waals surface area contributed by atoms with Gasteiger partial charge in [0.25, 0.3) is 17.7 Å². The monoisotopic (exact) mass is 688 g/mol. The Bertz CT molecular complexity index is 1660. The van der Waals surface area contributed by atoms with Crippen molar-refractivity contribution < 1.29 is 49.2 Å². The fraction of sp³-hybridized carbons (Fsp3) is 0.292. The number of rotatable bonds is 10. The second kappa shape index (κ2) is 12.4. The first-order valence-electron chi connectivity index (χ1n) is 12.1. The van der Waals surface area contributed by atoms with Crippen LogP contribution in [0.3, 0.4) is 0 Å². The molecule has 0 spiro atoms. The van der Waals surface area contributed by atoms with Crippen LogP contribution in [0, 0.1) is 0 Å². The molecule has 2 aliphatic heterocycles. The lowest BCUT2D eigenvalue weighted by Gasteiger charge is -2.49. The van der Waals surface area contributed by atoms with Crippen molar-refractivity contribution in [2.24, 2.45) is 5.16 Å². The minimum Gasteiger partial charge on any atom is -0.503 e. The molecule has 2 aliphatic rings. The van der Waals surface area contributed by atoms with Crippen molar-refractivity contribution in [1.82, 2.24) is 20.5 Å². The molecule has 44 heavy (non-hydrogen) atoms. The van der Waals surface area contributed by atoms with Crippen molar-refractivity contribution in [3.05, 3.63) is 44.0 Å². The highest BCUT2D eigenvalue weighted by atomic mass is 35.5. The van der Waals surface area contributed by atoms with E-state index in [1.807, 2.05) is 0 Å². The summed E-state index contributed by atoms with van der Waals surface area (Å²) < 4.78 is 0. The summed E-state index contributed by atoms with van der Waals surface area (Å²) in [4.78, 5) is 72.6. The lowest BCUT2D eigenvalue weighted by Crippen LogP contribution is -2.71. The maximum Gasteiger partial charge on any atom is 0.352 e. The van der Waals surface area contributed by atoms with Crippen LogP contribution in [0.4, 0.5) is 5.13 Å². The number of oxime groups is 1. The summed E-state index contributed by atoms with van der Waals surface area (Å²) in [6.07, 6.45) is 0. The number of amides is 3. The van der Waals surface area contributed by atoms with Crippen LogP contribution in [0.1, 0.15) is 29.9 Å². The number of phenolic OH excluding ortho intramolecular Hbond substituents is 2. The number of thiazole rings is 1. The van der Waals surface area contributed by atoms with Crippen molar-refractivity contribution >= 4 is 86.8 Å². The third kappa shape index (κ3) is 6.19. The van der Waals surface area contributed by atoms with Gasteiger partial charge in [-0.25, -0.2) is 14.6 Å². The molecule has 0 bridgehead atoms. The van der Waals surface area contributed by atoms with Gasteiger partial charge in [0.2, 0.25) is 5.60 Å². The standard InChI is InChI=1S/C24H22Cl2N6O10S2/c1-24(2,22(40)41)42-31-12(10-6-44-23(27)29-10)18(36)30-13-19(37)32-14(21(38)39)7(5-43-20(13)32)4-28-17(35)8-3-9(25)15(33)16(34)11(8)26/h3,6,13,20,33-34H,4-5H2,1-2H3,(H2,27,29)(H,28,35)(H,30,36)(H,38,39)(H,40,41)/b31-12-/t13-,20?/m1/s1. The van der Waals surface area contributed by atoms with Gasteiger partial charge < -0.3 is 41.6 Å². The number of benzene rings is 1. The Hall–Kier alpha value is -4.26. The average molecular weight is 690 g/mol. The zero-order valence-corrected chi connectivity index (χ0v) is 25.6. The highest BCUT2D eigenvalue weighted by Crippen LogP contribution is 2.42. The van der Waals surface area contributed by atoms with Gasteiger partial charge in [-0.3, -0.25) is 19.3 Å². The molecule has 1 aromatic heterocycles. The first-order valence-corrected chi connectivity index (χ1v) is 14.8. The van der Waals surface area contributed by atoms with Crippen LogP contribution in [-0.2, 0) is 24.0 Å². The van der Waals surface area contributed by atoms with E-state index in [1.165, 1.54) is 19.2 Å². The number of aromatic hydroxyl groups is 2. The molecule has 1 aromatic carbocycles. The molecule has 1 unspecified atom stereocenters. The van der Waals surface area contributed by atoms with E-state index in [1.54, 1.807) is 0 Å². The van der Waals surface area contributed by atoms with Crippen LogP contribution < -0.4 is 16.4 Å². The summed E-state index contributed by atoms with van der Waals surface area (Å²) in [6, 6.07) is -0.184. The number of aliphatic carboxylic acids is 2. The lowest BCUT2D eigenvalue weighted by molar-refractivity contribution is -0.161.